The molecule has 0 saturated heterocycles. The predicted octanol–water partition coefficient (Wildman–Crippen LogP) is 4.44. The Kier molecular flexibility index (Phi) is 6.69. The molecule has 3 heteroatoms. The van der Waals surface area contributed by atoms with Crippen molar-refractivity contribution in [1.29, 1.82) is 0 Å². The summed E-state index contributed by atoms with van der Waals surface area (Å²) in [5.41, 5.74) is 4.50. The van der Waals surface area contributed by atoms with Crippen molar-refractivity contribution in [2.24, 2.45) is 17.2 Å². The number of hydrogen-bond acceptors (Lipinski definition) is 3. The molecule has 3 N–H and O–H groups in total. The van der Waals surface area contributed by atoms with Crippen LogP contribution in [-0.2, 0) is 0 Å². The first kappa shape index (κ1) is 18.0. The standard InChI is InChI=1S/C18H32N2O/c1-13(2)21-16-9-7-8-15(11-16)17(20-19)10-14(3)12-18(4,5)6/h7-9,11,13-14,17,20H,10,12,19H2,1-6H3. The van der Waals surface area contributed by atoms with Gasteiger partial charge in [-0.05, 0) is 55.7 Å². The first-order chi connectivity index (χ1) is 9.71. The van der Waals surface area contributed by atoms with Crippen molar-refractivity contribution in [3.63, 3.8) is 0 Å². The van der Waals surface area contributed by atoms with Crippen molar-refractivity contribution in [2.45, 2.75) is 66.5 Å². The molecule has 0 bridgehead atoms. The van der Waals surface area contributed by atoms with E-state index in [4.69, 9.17) is 10.6 Å². The third kappa shape index (κ3) is 6.96. The molecule has 1 rings (SSSR count). The summed E-state index contributed by atoms with van der Waals surface area (Å²) in [5.74, 6) is 7.30. The summed E-state index contributed by atoms with van der Waals surface area (Å²) in [6.07, 6.45) is 2.40. The second kappa shape index (κ2) is 7.81. The molecule has 3 nitrogen and oxygen atoms in total. The highest BCUT2D eigenvalue weighted by atomic mass is 16.5. The fraction of sp³-hybridized carbons (Fsp3) is 0.667. The maximum absolute atomic E-state index is 5.78. The molecule has 120 valence electrons. The zero-order chi connectivity index (χ0) is 16.0. The molecule has 2 atom stereocenters. The topological polar surface area (TPSA) is 47.3 Å². The molecule has 0 spiro atoms. The number of nitrogens with two attached hydrogens (primary N) is 1. The van der Waals surface area contributed by atoms with Crippen LogP contribution in [0.2, 0.25) is 0 Å². The molecule has 0 aromatic heterocycles. The number of hydrazine groups is 1. The Bertz CT molecular complexity index is 423. The lowest BCUT2D eigenvalue weighted by Gasteiger charge is -2.27. The van der Waals surface area contributed by atoms with Crippen LogP contribution < -0.4 is 16.0 Å². The largest absolute Gasteiger partial charge is 0.491 e. The van der Waals surface area contributed by atoms with Crippen molar-refractivity contribution in [3.8, 4) is 5.75 Å². The van der Waals surface area contributed by atoms with Crippen molar-refractivity contribution in [3.05, 3.63) is 29.8 Å². The fourth-order valence-electron chi connectivity index (χ4n) is 2.91. The second-order valence-electron chi connectivity index (χ2n) is 7.56. The summed E-state index contributed by atoms with van der Waals surface area (Å²) in [5, 5.41) is 0. The molecule has 21 heavy (non-hydrogen) atoms. The van der Waals surface area contributed by atoms with E-state index in [2.05, 4.69) is 45.3 Å². The van der Waals surface area contributed by atoms with E-state index in [-0.39, 0.29) is 12.1 Å². The van der Waals surface area contributed by atoms with Gasteiger partial charge in [0.05, 0.1) is 6.10 Å². The second-order valence-corrected chi connectivity index (χ2v) is 7.56. The minimum absolute atomic E-state index is 0.165. The molecular weight excluding hydrogens is 260 g/mol. The van der Waals surface area contributed by atoms with Crippen LogP contribution >= 0.6 is 0 Å². The van der Waals surface area contributed by atoms with E-state index in [1.54, 1.807) is 0 Å². The van der Waals surface area contributed by atoms with Gasteiger partial charge in [-0.2, -0.15) is 0 Å². The smallest absolute Gasteiger partial charge is 0.120 e. The average Bonchev–Trinajstić information content (AvgIpc) is 2.33. The van der Waals surface area contributed by atoms with Gasteiger partial charge in [0, 0.05) is 6.04 Å². The van der Waals surface area contributed by atoms with E-state index in [0.29, 0.717) is 11.3 Å². The molecule has 0 aliphatic heterocycles. The summed E-state index contributed by atoms with van der Waals surface area (Å²) in [4.78, 5) is 0. The van der Waals surface area contributed by atoms with Crippen molar-refractivity contribution in [2.75, 3.05) is 0 Å². The van der Waals surface area contributed by atoms with Crippen LogP contribution in [0.4, 0.5) is 0 Å². The molecule has 1 aromatic rings. The molecular formula is C18H32N2O. The number of hydrogen-bond donors (Lipinski definition) is 2. The normalized spacial score (nSPS) is 15.0. The lowest BCUT2D eigenvalue weighted by Crippen LogP contribution is -2.30. The third-order valence-corrected chi connectivity index (χ3v) is 3.43. The van der Waals surface area contributed by atoms with Gasteiger partial charge in [-0.3, -0.25) is 11.3 Å². The highest BCUT2D eigenvalue weighted by Crippen LogP contribution is 2.31. The number of benzene rings is 1. The average molecular weight is 292 g/mol. The summed E-state index contributed by atoms with van der Waals surface area (Å²) in [6.45, 7) is 13.2. The van der Waals surface area contributed by atoms with E-state index in [9.17, 15) is 0 Å². The van der Waals surface area contributed by atoms with Gasteiger partial charge >= 0.3 is 0 Å². The minimum Gasteiger partial charge on any atom is -0.491 e. The Balaban J connectivity index is 2.75. The van der Waals surface area contributed by atoms with E-state index < -0.39 is 0 Å². The van der Waals surface area contributed by atoms with Crippen molar-refractivity contribution < 1.29 is 4.74 Å². The summed E-state index contributed by atoms with van der Waals surface area (Å²) < 4.78 is 5.77. The Hall–Kier alpha value is -1.06. The molecule has 0 radical (unpaired) electrons. The molecule has 2 unspecified atom stereocenters. The molecule has 0 fully saturated rings. The van der Waals surface area contributed by atoms with Crippen LogP contribution in [0.15, 0.2) is 24.3 Å². The monoisotopic (exact) mass is 292 g/mol. The lowest BCUT2D eigenvalue weighted by molar-refractivity contribution is 0.241. The third-order valence-electron chi connectivity index (χ3n) is 3.43. The van der Waals surface area contributed by atoms with E-state index in [1.807, 2.05) is 26.0 Å². The quantitative estimate of drug-likeness (QED) is 0.577. The number of nitrogens with one attached hydrogen (secondary N) is 1. The Morgan fingerprint density at radius 3 is 2.38 bits per heavy atom. The van der Waals surface area contributed by atoms with Crippen LogP contribution in [-0.4, -0.2) is 6.10 Å². The summed E-state index contributed by atoms with van der Waals surface area (Å²) in [6, 6.07) is 8.40. The Labute approximate surface area is 130 Å². The van der Waals surface area contributed by atoms with Crippen molar-refractivity contribution in [1.82, 2.24) is 5.43 Å². The summed E-state index contributed by atoms with van der Waals surface area (Å²) in [7, 11) is 0. The minimum atomic E-state index is 0.165. The molecule has 0 aliphatic carbocycles. The Morgan fingerprint density at radius 1 is 1.19 bits per heavy atom. The molecule has 0 saturated carbocycles. The van der Waals surface area contributed by atoms with E-state index >= 15 is 0 Å². The maximum atomic E-state index is 5.78. The summed E-state index contributed by atoms with van der Waals surface area (Å²) >= 11 is 0. The Morgan fingerprint density at radius 2 is 1.86 bits per heavy atom. The highest BCUT2D eigenvalue weighted by Gasteiger charge is 2.20. The van der Waals surface area contributed by atoms with E-state index in [0.717, 1.165) is 12.2 Å². The SMILES string of the molecule is CC(CC(NN)c1cccc(OC(C)C)c1)CC(C)(C)C. The van der Waals surface area contributed by atoms with Gasteiger partial charge in [0.15, 0.2) is 0 Å². The van der Waals surface area contributed by atoms with Crippen molar-refractivity contribution >= 4 is 0 Å². The van der Waals surface area contributed by atoms with Gasteiger partial charge in [-0.15, -0.1) is 0 Å². The molecule has 1 aromatic carbocycles. The van der Waals surface area contributed by atoms with Gasteiger partial charge in [-0.1, -0.05) is 39.8 Å². The molecule has 0 heterocycles. The predicted molar refractivity (Wildman–Crippen MR) is 90.1 cm³/mol. The van der Waals surface area contributed by atoms with Crippen LogP contribution in [0.1, 0.15) is 66.0 Å². The maximum Gasteiger partial charge on any atom is 0.120 e. The van der Waals surface area contributed by atoms with Gasteiger partial charge in [0.1, 0.15) is 5.75 Å². The molecule has 0 aliphatic rings. The van der Waals surface area contributed by atoms with Gasteiger partial charge in [0.2, 0.25) is 0 Å². The van der Waals surface area contributed by atoms with Gasteiger partial charge in [-0.25, -0.2) is 0 Å². The van der Waals surface area contributed by atoms with Crippen LogP contribution in [0.5, 0.6) is 5.75 Å². The number of ether oxygens (including phenoxy) is 1. The highest BCUT2D eigenvalue weighted by molar-refractivity contribution is 5.30. The van der Waals surface area contributed by atoms with Crippen LogP contribution in [0.25, 0.3) is 0 Å². The lowest BCUT2D eigenvalue weighted by atomic mass is 9.82. The van der Waals surface area contributed by atoms with Crippen LogP contribution in [0, 0.1) is 11.3 Å². The van der Waals surface area contributed by atoms with Gasteiger partial charge in [0.25, 0.3) is 0 Å². The molecule has 0 amide bonds. The zero-order valence-corrected chi connectivity index (χ0v) is 14.4. The zero-order valence-electron chi connectivity index (χ0n) is 14.4. The van der Waals surface area contributed by atoms with E-state index in [1.165, 1.54) is 12.0 Å². The van der Waals surface area contributed by atoms with Crippen LogP contribution in [0.3, 0.4) is 0 Å². The first-order valence-corrected chi connectivity index (χ1v) is 7.94. The first-order valence-electron chi connectivity index (χ1n) is 7.94. The number of rotatable bonds is 7. The van der Waals surface area contributed by atoms with Gasteiger partial charge < -0.3 is 4.74 Å². The fourth-order valence-corrected chi connectivity index (χ4v) is 2.91.